The Bertz CT molecular complexity index is 436. The van der Waals surface area contributed by atoms with Gasteiger partial charge in [0.15, 0.2) is 0 Å². The summed E-state index contributed by atoms with van der Waals surface area (Å²) in [5, 5.41) is 10.4. The average Bonchev–Trinajstić information content (AvgIpc) is 2.47. The lowest BCUT2D eigenvalue weighted by Crippen LogP contribution is -1.93. The lowest BCUT2D eigenvalue weighted by molar-refractivity contribution is -0.390. The maximum Gasteiger partial charge on any atom is 0.349 e. The van der Waals surface area contributed by atoms with Crippen LogP contribution in [0.4, 0.5) is 5.82 Å². The number of hydrogen-bond acceptors (Lipinski definition) is 4. The van der Waals surface area contributed by atoms with Crippen LogP contribution in [-0.2, 0) is 0 Å². The van der Waals surface area contributed by atoms with Gasteiger partial charge in [0.2, 0.25) is 0 Å². The molecule has 0 amide bonds. The number of hydrogen-bond donors (Lipinski definition) is 0. The van der Waals surface area contributed by atoms with Crippen molar-refractivity contribution in [2.24, 2.45) is 0 Å². The zero-order valence-corrected chi connectivity index (χ0v) is 5.91. The zero-order chi connectivity index (χ0) is 8.55. The van der Waals surface area contributed by atoms with Crippen molar-refractivity contribution >= 4 is 11.6 Å². The molecule has 0 bridgehead atoms. The van der Waals surface area contributed by atoms with Crippen molar-refractivity contribution in [3.05, 3.63) is 34.8 Å². The Labute approximate surface area is 66.6 Å². The molecule has 6 heteroatoms. The van der Waals surface area contributed by atoms with Gasteiger partial charge in [0.25, 0.3) is 0 Å². The van der Waals surface area contributed by atoms with E-state index >= 15 is 0 Å². The van der Waals surface area contributed by atoms with Crippen molar-refractivity contribution in [2.45, 2.75) is 0 Å². The number of nitrogens with zero attached hydrogens (tertiary/aromatic N) is 4. The second-order valence-electron chi connectivity index (χ2n) is 2.16. The molecule has 0 saturated carbocycles. The Hall–Kier alpha value is -1.98. The molecule has 0 N–H and O–H groups in total. The van der Waals surface area contributed by atoms with Crippen molar-refractivity contribution in [3.63, 3.8) is 0 Å². The summed E-state index contributed by atoms with van der Waals surface area (Å²) in [4.78, 5) is 17.5. The van der Waals surface area contributed by atoms with Crippen molar-refractivity contribution in [2.75, 3.05) is 0 Å². The highest BCUT2D eigenvalue weighted by molar-refractivity contribution is 5.36. The molecule has 0 aliphatic carbocycles. The van der Waals surface area contributed by atoms with Gasteiger partial charge in [0.1, 0.15) is 12.4 Å². The van der Waals surface area contributed by atoms with E-state index in [9.17, 15) is 10.1 Å². The van der Waals surface area contributed by atoms with E-state index in [4.69, 9.17) is 0 Å². The van der Waals surface area contributed by atoms with Crippen molar-refractivity contribution in [1.82, 2.24) is 14.4 Å². The first-order valence-electron chi connectivity index (χ1n) is 3.21. The predicted octanol–water partition coefficient (Wildman–Crippen LogP) is 0.637. The molecule has 2 heterocycles. The van der Waals surface area contributed by atoms with E-state index in [0.29, 0.717) is 5.78 Å². The molecule has 0 aromatic carbocycles. The first-order valence-corrected chi connectivity index (χ1v) is 3.21. The minimum atomic E-state index is -0.498. The van der Waals surface area contributed by atoms with E-state index in [1.54, 1.807) is 12.3 Å². The summed E-state index contributed by atoms with van der Waals surface area (Å²) in [7, 11) is 0. The molecule has 0 unspecified atom stereocenters. The summed E-state index contributed by atoms with van der Waals surface area (Å²) < 4.78 is 1.32. The topological polar surface area (TPSA) is 73.3 Å². The van der Waals surface area contributed by atoms with Crippen LogP contribution >= 0.6 is 0 Å². The predicted molar refractivity (Wildman–Crippen MR) is 39.6 cm³/mol. The van der Waals surface area contributed by atoms with Gasteiger partial charge in [-0.3, -0.25) is 0 Å². The molecule has 0 atom stereocenters. The van der Waals surface area contributed by atoms with Gasteiger partial charge in [-0.25, -0.2) is 0 Å². The lowest BCUT2D eigenvalue weighted by Gasteiger charge is -1.89. The monoisotopic (exact) mass is 164 g/mol. The number of fused-ring (bicyclic) bond motifs is 1. The largest absolute Gasteiger partial charge is 0.358 e. The van der Waals surface area contributed by atoms with Gasteiger partial charge < -0.3 is 10.1 Å². The molecule has 0 radical (unpaired) electrons. The minimum Gasteiger partial charge on any atom is -0.358 e. The molecular weight excluding hydrogens is 160 g/mol. The van der Waals surface area contributed by atoms with Crippen LogP contribution in [0.5, 0.6) is 0 Å². The summed E-state index contributed by atoms with van der Waals surface area (Å²) in [5.74, 6) is 0.266. The molecule has 0 fully saturated rings. The fourth-order valence-electron chi connectivity index (χ4n) is 0.950. The van der Waals surface area contributed by atoms with E-state index in [-0.39, 0.29) is 5.82 Å². The van der Waals surface area contributed by atoms with Crippen LogP contribution in [-0.4, -0.2) is 19.3 Å². The van der Waals surface area contributed by atoms with E-state index in [1.165, 1.54) is 16.8 Å². The SMILES string of the molecule is O=[N+]([O-])c1cnc2ncccn12. The second kappa shape index (κ2) is 2.26. The van der Waals surface area contributed by atoms with Crippen LogP contribution in [0.2, 0.25) is 0 Å². The maximum absolute atomic E-state index is 10.4. The van der Waals surface area contributed by atoms with E-state index < -0.39 is 4.92 Å². The first-order chi connectivity index (χ1) is 5.79. The van der Waals surface area contributed by atoms with Gasteiger partial charge in [-0.15, -0.1) is 0 Å². The van der Waals surface area contributed by atoms with Crippen LogP contribution in [0.25, 0.3) is 5.78 Å². The lowest BCUT2D eigenvalue weighted by atomic mass is 10.6. The van der Waals surface area contributed by atoms with Crippen LogP contribution in [0.15, 0.2) is 24.7 Å². The second-order valence-corrected chi connectivity index (χ2v) is 2.16. The van der Waals surface area contributed by atoms with Gasteiger partial charge in [-0.05, 0) is 11.0 Å². The van der Waals surface area contributed by atoms with Crippen molar-refractivity contribution < 1.29 is 4.92 Å². The molecule has 12 heavy (non-hydrogen) atoms. The van der Waals surface area contributed by atoms with Gasteiger partial charge >= 0.3 is 11.6 Å². The number of aromatic nitrogens is 3. The summed E-state index contributed by atoms with van der Waals surface area (Å²) in [5.41, 5.74) is 0. The summed E-state index contributed by atoms with van der Waals surface area (Å²) in [6.45, 7) is 0. The number of imidazole rings is 1. The van der Waals surface area contributed by atoms with E-state index in [1.807, 2.05) is 0 Å². The van der Waals surface area contributed by atoms with E-state index in [0.717, 1.165) is 0 Å². The Morgan fingerprint density at radius 1 is 1.50 bits per heavy atom. The van der Waals surface area contributed by atoms with Crippen LogP contribution in [0.1, 0.15) is 0 Å². The normalized spacial score (nSPS) is 10.3. The number of nitro groups is 1. The third-order valence-corrected chi connectivity index (χ3v) is 1.46. The third-order valence-electron chi connectivity index (χ3n) is 1.46. The Balaban J connectivity index is 2.79. The number of rotatable bonds is 1. The summed E-state index contributed by atoms with van der Waals surface area (Å²) in [6, 6.07) is 1.61. The third kappa shape index (κ3) is 0.815. The highest BCUT2D eigenvalue weighted by Crippen LogP contribution is 2.10. The molecule has 2 aromatic rings. The molecule has 0 saturated heterocycles. The quantitative estimate of drug-likeness (QED) is 0.457. The molecule has 0 spiro atoms. The molecular formula is C6H4N4O2. The molecule has 2 aromatic heterocycles. The molecule has 0 aliphatic rings. The Morgan fingerprint density at radius 3 is 3.08 bits per heavy atom. The van der Waals surface area contributed by atoms with Gasteiger partial charge in [0.05, 0.1) is 0 Å². The van der Waals surface area contributed by atoms with Crippen LogP contribution in [0.3, 0.4) is 0 Å². The first kappa shape index (κ1) is 6.71. The van der Waals surface area contributed by atoms with Crippen molar-refractivity contribution in [3.8, 4) is 0 Å². The van der Waals surface area contributed by atoms with Gasteiger partial charge in [-0.2, -0.15) is 14.4 Å². The van der Waals surface area contributed by atoms with Crippen LogP contribution < -0.4 is 0 Å². The van der Waals surface area contributed by atoms with Gasteiger partial charge in [0, 0.05) is 6.20 Å². The molecule has 6 nitrogen and oxygen atoms in total. The minimum absolute atomic E-state index is 0.0712. The molecule has 0 aliphatic heterocycles. The highest BCUT2D eigenvalue weighted by atomic mass is 16.6. The average molecular weight is 164 g/mol. The smallest absolute Gasteiger partial charge is 0.349 e. The fourth-order valence-corrected chi connectivity index (χ4v) is 0.950. The standard InChI is InChI=1S/C6H4N4O2/c11-10(12)5-4-8-6-7-2-1-3-9(5)6/h1-4H. The van der Waals surface area contributed by atoms with Gasteiger partial charge in [-0.1, -0.05) is 0 Å². The maximum atomic E-state index is 10.4. The highest BCUT2D eigenvalue weighted by Gasteiger charge is 2.12. The molecule has 2 rings (SSSR count). The molecule has 60 valence electrons. The van der Waals surface area contributed by atoms with Crippen LogP contribution in [0, 0.1) is 10.1 Å². The van der Waals surface area contributed by atoms with E-state index in [2.05, 4.69) is 9.97 Å². The van der Waals surface area contributed by atoms with Crippen molar-refractivity contribution in [1.29, 1.82) is 0 Å². The zero-order valence-electron chi connectivity index (χ0n) is 5.91. The summed E-state index contributed by atoms with van der Waals surface area (Å²) >= 11 is 0. The summed E-state index contributed by atoms with van der Waals surface area (Å²) in [6.07, 6.45) is 4.27. The fraction of sp³-hybridized carbons (Fsp3) is 0. The Morgan fingerprint density at radius 2 is 2.33 bits per heavy atom. The Kier molecular flexibility index (Phi) is 1.26.